The van der Waals surface area contributed by atoms with E-state index in [9.17, 15) is 9.59 Å². The molecule has 6 nitrogen and oxygen atoms in total. The van der Waals surface area contributed by atoms with Crippen molar-refractivity contribution in [2.24, 2.45) is 4.99 Å². The minimum absolute atomic E-state index is 0.189. The third-order valence-corrected chi connectivity index (χ3v) is 7.07. The molecule has 0 spiro atoms. The molecule has 0 radical (unpaired) electrons. The maximum absolute atomic E-state index is 13.6. The van der Waals surface area contributed by atoms with Gasteiger partial charge in [-0.15, -0.1) is 0 Å². The molecule has 0 amide bonds. The van der Waals surface area contributed by atoms with Gasteiger partial charge in [-0.25, -0.2) is 9.79 Å². The Labute approximate surface area is 201 Å². The summed E-state index contributed by atoms with van der Waals surface area (Å²) in [5.74, 6) is -0.455. The predicted octanol–water partition coefficient (Wildman–Crippen LogP) is 4.04. The first-order chi connectivity index (χ1) is 16.0. The molecule has 1 aliphatic heterocycles. The van der Waals surface area contributed by atoms with Crippen molar-refractivity contribution in [3.8, 4) is 0 Å². The molecule has 4 aromatic rings. The van der Waals surface area contributed by atoms with Crippen LogP contribution in [0, 0.1) is 0 Å². The van der Waals surface area contributed by atoms with Gasteiger partial charge in [0.05, 0.1) is 28.5 Å². The van der Waals surface area contributed by atoms with Gasteiger partial charge in [0.1, 0.15) is 0 Å². The molecule has 3 heterocycles. The van der Waals surface area contributed by atoms with Gasteiger partial charge in [-0.1, -0.05) is 57.6 Å². The number of hydrogen-bond donors (Lipinski definition) is 1. The van der Waals surface area contributed by atoms with Gasteiger partial charge >= 0.3 is 5.97 Å². The fraction of sp³-hybridized carbons (Fsp3) is 0.160. The lowest BCUT2D eigenvalue weighted by molar-refractivity contribution is -0.139. The number of nitrogens with zero attached hydrogens (tertiary/aromatic N) is 2. The van der Waals surface area contributed by atoms with E-state index in [0.717, 1.165) is 26.5 Å². The van der Waals surface area contributed by atoms with Crippen molar-refractivity contribution in [3.05, 3.63) is 101 Å². The smallest absolute Gasteiger partial charge is 0.338 e. The van der Waals surface area contributed by atoms with Crippen molar-refractivity contribution < 1.29 is 9.53 Å². The van der Waals surface area contributed by atoms with Crippen LogP contribution in [0.2, 0.25) is 0 Å². The summed E-state index contributed by atoms with van der Waals surface area (Å²) >= 11 is 4.83. The Morgan fingerprint density at radius 2 is 2.06 bits per heavy atom. The highest BCUT2D eigenvalue weighted by Crippen LogP contribution is 2.30. The minimum atomic E-state index is -0.597. The average molecular weight is 522 g/mol. The van der Waals surface area contributed by atoms with Crippen LogP contribution in [-0.4, -0.2) is 22.1 Å². The number of carbonyl (C=O) groups is 1. The van der Waals surface area contributed by atoms with Crippen LogP contribution >= 0.6 is 27.3 Å². The Morgan fingerprint density at radius 3 is 2.82 bits per heavy atom. The second-order valence-corrected chi connectivity index (χ2v) is 9.57. The summed E-state index contributed by atoms with van der Waals surface area (Å²) in [6, 6.07) is 14.9. The van der Waals surface area contributed by atoms with E-state index in [0.29, 0.717) is 20.6 Å². The predicted molar refractivity (Wildman–Crippen MR) is 133 cm³/mol. The van der Waals surface area contributed by atoms with Crippen molar-refractivity contribution >= 4 is 50.2 Å². The van der Waals surface area contributed by atoms with E-state index >= 15 is 0 Å². The second kappa shape index (κ2) is 8.61. The van der Waals surface area contributed by atoms with Crippen molar-refractivity contribution in [3.63, 3.8) is 0 Å². The summed E-state index contributed by atoms with van der Waals surface area (Å²) in [4.78, 5) is 35.0. The fourth-order valence-corrected chi connectivity index (χ4v) is 5.52. The SMILES string of the molecule is CCOC(=O)C1=C(C)N=c2s/c(=C\c3c[nH]c4ccc(Br)cc34)c(=O)n2[C@@H]1c1ccccc1. The first-order valence-corrected chi connectivity index (χ1v) is 12.1. The molecule has 0 unspecified atom stereocenters. The van der Waals surface area contributed by atoms with Gasteiger partial charge in [0.25, 0.3) is 5.56 Å². The second-order valence-electron chi connectivity index (χ2n) is 7.65. The van der Waals surface area contributed by atoms with E-state index in [2.05, 4.69) is 25.9 Å². The number of fused-ring (bicyclic) bond motifs is 2. The molecule has 1 N–H and O–H groups in total. The zero-order valence-electron chi connectivity index (χ0n) is 18.0. The number of nitrogens with one attached hydrogen (secondary N) is 1. The van der Waals surface area contributed by atoms with E-state index in [1.54, 1.807) is 18.4 Å². The van der Waals surface area contributed by atoms with Crippen molar-refractivity contribution in [1.82, 2.24) is 9.55 Å². The van der Waals surface area contributed by atoms with Gasteiger partial charge in [-0.2, -0.15) is 0 Å². The Balaban J connectivity index is 1.74. The number of aromatic amines is 1. The maximum Gasteiger partial charge on any atom is 0.338 e. The number of allylic oxidation sites excluding steroid dienone is 1. The molecular weight excluding hydrogens is 502 g/mol. The van der Waals surface area contributed by atoms with Crippen molar-refractivity contribution in [2.45, 2.75) is 19.9 Å². The van der Waals surface area contributed by atoms with Crippen LogP contribution in [0.15, 0.2) is 80.3 Å². The molecule has 1 atom stereocenters. The van der Waals surface area contributed by atoms with Crippen LogP contribution < -0.4 is 14.9 Å². The minimum Gasteiger partial charge on any atom is -0.463 e. The number of esters is 1. The molecule has 0 saturated heterocycles. The molecule has 1 aliphatic rings. The van der Waals surface area contributed by atoms with E-state index in [1.807, 2.05) is 60.8 Å². The van der Waals surface area contributed by atoms with E-state index in [-0.39, 0.29) is 12.2 Å². The maximum atomic E-state index is 13.6. The quantitative estimate of drug-likeness (QED) is 0.411. The number of hydrogen-bond acceptors (Lipinski definition) is 5. The Morgan fingerprint density at radius 1 is 1.27 bits per heavy atom. The molecule has 2 aromatic heterocycles. The van der Waals surface area contributed by atoms with Crippen molar-refractivity contribution in [2.75, 3.05) is 6.61 Å². The van der Waals surface area contributed by atoms with Crippen LogP contribution in [-0.2, 0) is 9.53 Å². The lowest BCUT2D eigenvalue weighted by Crippen LogP contribution is -2.39. The summed E-state index contributed by atoms with van der Waals surface area (Å²) < 4.78 is 8.44. The summed E-state index contributed by atoms with van der Waals surface area (Å²) in [6.07, 6.45) is 3.76. The number of aromatic nitrogens is 2. The Kier molecular flexibility index (Phi) is 5.64. The molecule has 0 fully saturated rings. The zero-order chi connectivity index (χ0) is 23.1. The number of rotatable bonds is 4. The third kappa shape index (κ3) is 3.79. The number of ether oxygens (including phenoxy) is 1. The van der Waals surface area contributed by atoms with Crippen LogP contribution in [0.5, 0.6) is 0 Å². The summed E-state index contributed by atoms with van der Waals surface area (Å²) in [6.45, 7) is 3.80. The Bertz CT molecular complexity index is 1600. The number of benzene rings is 2. The van der Waals surface area contributed by atoms with Gasteiger partial charge in [0.2, 0.25) is 0 Å². The highest BCUT2D eigenvalue weighted by Gasteiger charge is 2.33. The van der Waals surface area contributed by atoms with E-state index in [1.165, 1.54) is 11.3 Å². The van der Waals surface area contributed by atoms with Crippen LogP contribution in [0.25, 0.3) is 17.0 Å². The van der Waals surface area contributed by atoms with Gasteiger partial charge in [0, 0.05) is 27.1 Å². The number of thiazole rings is 1. The lowest BCUT2D eigenvalue weighted by Gasteiger charge is -2.24. The monoisotopic (exact) mass is 521 g/mol. The van der Waals surface area contributed by atoms with E-state index in [4.69, 9.17) is 4.74 Å². The van der Waals surface area contributed by atoms with Gasteiger partial charge in [0.15, 0.2) is 4.80 Å². The van der Waals surface area contributed by atoms with Gasteiger partial charge in [-0.3, -0.25) is 9.36 Å². The van der Waals surface area contributed by atoms with Gasteiger partial charge < -0.3 is 9.72 Å². The first kappa shape index (κ1) is 21.6. The molecular formula is C25H20BrN3O3S. The van der Waals surface area contributed by atoms with Crippen molar-refractivity contribution in [1.29, 1.82) is 0 Å². The summed E-state index contributed by atoms with van der Waals surface area (Å²) in [7, 11) is 0. The lowest BCUT2D eigenvalue weighted by atomic mass is 9.96. The normalized spacial score (nSPS) is 16.1. The summed E-state index contributed by atoms with van der Waals surface area (Å²) in [5, 5.41) is 1.01. The molecule has 0 aliphatic carbocycles. The number of carbonyl (C=O) groups excluding carboxylic acids is 1. The average Bonchev–Trinajstić information content (AvgIpc) is 3.34. The van der Waals surface area contributed by atoms with Crippen LogP contribution in [0.4, 0.5) is 0 Å². The highest BCUT2D eigenvalue weighted by molar-refractivity contribution is 9.10. The fourth-order valence-electron chi connectivity index (χ4n) is 4.12. The first-order valence-electron chi connectivity index (χ1n) is 10.5. The number of H-pyrrole nitrogens is 1. The molecule has 2 aromatic carbocycles. The highest BCUT2D eigenvalue weighted by atomic mass is 79.9. The Hall–Kier alpha value is -3.23. The van der Waals surface area contributed by atoms with Crippen LogP contribution in [0.1, 0.15) is 31.0 Å². The summed E-state index contributed by atoms with van der Waals surface area (Å²) in [5.41, 5.74) is 3.49. The van der Waals surface area contributed by atoms with Gasteiger partial charge in [-0.05, 0) is 43.7 Å². The number of halogens is 1. The molecule has 5 rings (SSSR count). The molecule has 0 bridgehead atoms. The molecule has 8 heteroatoms. The zero-order valence-corrected chi connectivity index (χ0v) is 20.4. The largest absolute Gasteiger partial charge is 0.463 e. The molecule has 0 saturated carbocycles. The molecule has 33 heavy (non-hydrogen) atoms. The van der Waals surface area contributed by atoms with Crippen LogP contribution in [0.3, 0.4) is 0 Å². The molecule has 166 valence electrons. The topological polar surface area (TPSA) is 76.4 Å². The third-order valence-electron chi connectivity index (χ3n) is 5.59. The van der Waals surface area contributed by atoms with E-state index < -0.39 is 12.0 Å². The standard InChI is InChI=1S/C25H20BrN3O3S/c1-3-32-24(31)21-14(2)28-25-29(22(21)15-7-5-4-6-8-15)23(30)20(33-25)11-16-13-27-19-10-9-17(26)12-18(16)19/h4-13,22,27H,3H2,1-2H3/b20-11-/t22-/m1/s1.